The molecule has 4 atom stereocenters. The molecule has 4 aliphatic rings. The summed E-state index contributed by atoms with van der Waals surface area (Å²) < 4.78 is 22.6. The lowest BCUT2D eigenvalue weighted by molar-refractivity contribution is 0.395. The molecule has 6 rings (SSSR count). The molecule has 2 aromatic rings. The van der Waals surface area contributed by atoms with E-state index >= 15 is 0 Å². The van der Waals surface area contributed by atoms with Crippen molar-refractivity contribution in [3.63, 3.8) is 0 Å². The van der Waals surface area contributed by atoms with Crippen molar-refractivity contribution in [3.8, 4) is 11.1 Å². The fourth-order valence-corrected chi connectivity index (χ4v) is 4.87. The minimum atomic E-state index is 0. The first-order valence-electron chi connectivity index (χ1n) is 11.3. The fraction of sp³-hybridized carbons (Fsp3) is 0.538. The molecule has 4 unspecified atom stereocenters. The normalized spacial score (nSPS) is 27.0. The van der Waals surface area contributed by atoms with Gasteiger partial charge in [-0.2, -0.15) is 0 Å². The molecule has 32 heavy (non-hydrogen) atoms. The van der Waals surface area contributed by atoms with Crippen LogP contribution in [0.3, 0.4) is 0 Å². The van der Waals surface area contributed by atoms with Crippen LogP contribution in [0.2, 0.25) is 0 Å². The topological polar surface area (TPSA) is 102 Å². The van der Waals surface area contributed by atoms with E-state index in [4.69, 9.17) is 30.4 Å². The smallest absolute Gasteiger partial charge is 0.0851 e. The van der Waals surface area contributed by atoms with Crippen molar-refractivity contribution in [1.82, 2.24) is 0 Å². The number of benzene rings is 2. The van der Waals surface area contributed by atoms with Crippen molar-refractivity contribution in [3.05, 3.63) is 46.0 Å². The Hall–Kier alpha value is -2.12. The van der Waals surface area contributed by atoms with E-state index in [-0.39, 0.29) is 19.6 Å². The molecule has 4 saturated heterocycles. The largest absolute Gasteiger partial charge is 0.399 e. The highest BCUT2D eigenvalue weighted by atomic mass is 16.6. The van der Waals surface area contributed by atoms with Crippen molar-refractivity contribution in [2.24, 2.45) is 0 Å². The number of anilines is 2. The summed E-state index contributed by atoms with van der Waals surface area (Å²) in [6, 6.07) is 6.12. The number of ether oxygens (including phenoxy) is 4. The van der Waals surface area contributed by atoms with E-state index in [0.717, 1.165) is 80.2 Å². The highest BCUT2D eigenvalue weighted by molar-refractivity contribution is 5.86. The van der Waals surface area contributed by atoms with Crippen molar-refractivity contribution >= 4 is 11.4 Å². The molecule has 2 aromatic carbocycles. The van der Waals surface area contributed by atoms with E-state index < -0.39 is 0 Å². The average molecular weight is 439 g/mol. The quantitative estimate of drug-likeness (QED) is 0.460. The molecular formula is C26H34N2O4. The van der Waals surface area contributed by atoms with Gasteiger partial charge in [-0.1, -0.05) is 13.5 Å². The van der Waals surface area contributed by atoms with Gasteiger partial charge in [-0.05, 0) is 52.4 Å². The predicted molar refractivity (Wildman–Crippen MR) is 126 cm³/mol. The second-order valence-electron chi connectivity index (χ2n) is 9.42. The SMILES string of the molecule is C.Cc1cc(N)ccc1-c1c(N)c(CC2CO2)c(CC2CO2)c(CC2CO2)c1CC1CO1. The van der Waals surface area contributed by atoms with Gasteiger partial charge in [0.25, 0.3) is 0 Å². The molecule has 0 amide bonds. The molecule has 4 N–H and O–H groups in total. The van der Waals surface area contributed by atoms with Crippen LogP contribution in [0.4, 0.5) is 11.4 Å². The Morgan fingerprint density at radius 1 is 0.719 bits per heavy atom. The second-order valence-corrected chi connectivity index (χ2v) is 9.42. The van der Waals surface area contributed by atoms with Crippen LogP contribution in [-0.2, 0) is 44.6 Å². The Kier molecular flexibility index (Phi) is 5.66. The van der Waals surface area contributed by atoms with Gasteiger partial charge >= 0.3 is 0 Å². The van der Waals surface area contributed by atoms with Gasteiger partial charge in [0.15, 0.2) is 0 Å². The number of nitrogen functional groups attached to an aromatic ring is 2. The predicted octanol–water partition coefficient (Wildman–Crippen LogP) is 3.23. The van der Waals surface area contributed by atoms with Gasteiger partial charge < -0.3 is 30.4 Å². The maximum absolute atomic E-state index is 7.01. The number of epoxide rings is 4. The molecule has 0 aliphatic carbocycles. The van der Waals surface area contributed by atoms with Gasteiger partial charge in [-0.15, -0.1) is 0 Å². The van der Waals surface area contributed by atoms with Gasteiger partial charge in [0, 0.05) is 42.6 Å². The first-order chi connectivity index (χ1) is 15.1. The van der Waals surface area contributed by atoms with Gasteiger partial charge in [0.05, 0.1) is 50.8 Å². The molecule has 4 aliphatic heterocycles. The zero-order valence-corrected chi connectivity index (χ0v) is 18.0. The van der Waals surface area contributed by atoms with E-state index in [9.17, 15) is 0 Å². The number of hydrogen-bond donors (Lipinski definition) is 2. The van der Waals surface area contributed by atoms with Crippen LogP contribution >= 0.6 is 0 Å². The van der Waals surface area contributed by atoms with Crippen molar-refractivity contribution < 1.29 is 18.9 Å². The Balaban J connectivity index is 0.00000216. The molecule has 0 bridgehead atoms. The zero-order chi connectivity index (χ0) is 21.1. The van der Waals surface area contributed by atoms with Gasteiger partial charge in [-0.3, -0.25) is 0 Å². The highest BCUT2D eigenvalue weighted by Gasteiger charge is 2.36. The van der Waals surface area contributed by atoms with E-state index in [1.807, 2.05) is 12.1 Å². The van der Waals surface area contributed by atoms with E-state index in [1.54, 1.807) is 0 Å². The summed E-state index contributed by atoms with van der Waals surface area (Å²) in [5, 5.41) is 0. The number of aryl methyl sites for hydroxylation is 1. The van der Waals surface area contributed by atoms with Gasteiger partial charge in [0.2, 0.25) is 0 Å². The summed E-state index contributed by atoms with van der Waals surface area (Å²) in [4.78, 5) is 0. The Morgan fingerprint density at radius 3 is 1.62 bits per heavy atom. The van der Waals surface area contributed by atoms with E-state index in [0.29, 0.717) is 12.2 Å². The monoisotopic (exact) mass is 438 g/mol. The van der Waals surface area contributed by atoms with Crippen molar-refractivity contribution in [2.75, 3.05) is 37.9 Å². The summed E-state index contributed by atoms with van der Waals surface area (Å²) in [5.74, 6) is 0. The molecule has 0 aromatic heterocycles. The molecule has 6 nitrogen and oxygen atoms in total. The number of hydrogen-bond acceptors (Lipinski definition) is 6. The zero-order valence-electron chi connectivity index (χ0n) is 18.0. The van der Waals surface area contributed by atoms with Crippen LogP contribution in [0.25, 0.3) is 11.1 Å². The summed E-state index contributed by atoms with van der Waals surface area (Å²) >= 11 is 0. The first kappa shape index (κ1) is 21.7. The lowest BCUT2D eigenvalue weighted by Crippen LogP contribution is -2.17. The third kappa shape index (κ3) is 4.50. The molecule has 4 fully saturated rings. The molecule has 0 radical (unpaired) electrons. The van der Waals surface area contributed by atoms with E-state index in [1.165, 1.54) is 22.3 Å². The minimum absolute atomic E-state index is 0. The van der Waals surface area contributed by atoms with Crippen LogP contribution in [0, 0.1) is 6.92 Å². The van der Waals surface area contributed by atoms with E-state index in [2.05, 4.69) is 13.0 Å². The minimum Gasteiger partial charge on any atom is -0.399 e. The summed E-state index contributed by atoms with van der Waals surface area (Å²) in [6.45, 7) is 5.41. The van der Waals surface area contributed by atoms with Crippen LogP contribution in [0.15, 0.2) is 18.2 Å². The van der Waals surface area contributed by atoms with Crippen molar-refractivity contribution in [2.45, 2.75) is 64.4 Å². The molecule has 6 heteroatoms. The lowest BCUT2D eigenvalue weighted by Gasteiger charge is -2.26. The standard InChI is InChI=1S/C25H30N2O4.CH4/c1-13-4-14(26)2-3-19(13)24-22(7-17-11-30-17)20(5-15-9-28-15)21(6-16-10-29-16)23(25(24)27)8-18-12-31-18;/h2-4,15-18H,5-12,26-27H2,1H3;1H4. The van der Waals surface area contributed by atoms with Gasteiger partial charge in [0.1, 0.15) is 0 Å². The summed E-state index contributed by atoms with van der Waals surface area (Å²) in [7, 11) is 0. The first-order valence-corrected chi connectivity index (χ1v) is 11.3. The summed E-state index contributed by atoms with van der Waals surface area (Å²) in [5.41, 5.74) is 23.5. The Labute approximate surface area is 190 Å². The van der Waals surface area contributed by atoms with Crippen LogP contribution in [0.1, 0.15) is 35.2 Å². The lowest BCUT2D eigenvalue weighted by atomic mass is 9.80. The maximum Gasteiger partial charge on any atom is 0.0851 e. The highest BCUT2D eigenvalue weighted by Crippen LogP contribution is 2.44. The van der Waals surface area contributed by atoms with Gasteiger partial charge in [-0.25, -0.2) is 0 Å². The van der Waals surface area contributed by atoms with Crippen molar-refractivity contribution in [1.29, 1.82) is 0 Å². The van der Waals surface area contributed by atoms with Crippen LogP contribution in [-0.4, -0.2) is 50.8 Å². The molecule has 4 heterocycles. The second kappa shape index (κ2) is 8.34. The van der Waals surface area contributed by atoms with Crippen LogP contribution in [0.5, 0.6) is 0 Å². The molecule has 0 saturated carbocycles. The maximum atomic E-state index is 7.01. The fourth-order valence-electron chi connectivity index (χ4n) is 4.87. The third-order valence-electron chi connectivity index (χ3n) is 6.85. The Morgan fingerprint density at radius 2 is 1.16 bits per heavy atom. The summed E-state index contributed by atoms with van der Waals surface area (Å²) in [6.07, 6.45) is 4.70. The molecular weight excluding hydrogens is 404 g/mol. The number of rotatable bonds is 9. The molecule has 172 valence electrons. The van der Waals surface area contributed by atoms with Crippen LogP contribution < -0.4 is 11.5 Å². The average Bonchev–Trinajstić information content (AvgIpc) is 3.57. The molecule has 0 spiro atoms. The number of nitrogens with two attached hydrogens (primary N) is 2. The Bertz CT molecular complexity index is 1020. The third-order valence-corrected chi connectivity index (χ3v) is 6.85.